The minimum absolute atomic E-state index is 0.252. The van der Waals surface area contributed by atoms with Crippen molar-refractivity contribution in [3.63, 3.8) is 0 Å². The van der Waals surface area contributed by atoms with Crippen LogP contribution in [0.15, 0.2) is 36.8 Å². The maximum atomic E-state index is 11.3. The molecule has 2 aromatic heterocycles. The number of nitrogens with zero attached hydrogens (tertiary/aromatic N) is 3. The van der Waals surface area contributed by atoms with Crippen molar-refractivity contribution >= 4 is 22.6 Å². The molecule has 0 spiro atoms. The fourth-order valence-electron chi connectivity index (χ4n) is 4.57. The van der Waals surface area contributed by atoms with E-state index in [0.717, 1.165) is 16.7 Å². The van der Waals surface area contributed by atoms with Crippen LogP contribution in [0.25, 0.3) is 11.0 Å². The van der Waals surface area contributed by atoms with Crippen LogP contribution in [-0.4, -0.2) is 48.8 Å². The fraction of sp³-hybridized carbons (Fsp3) is 0.455. The standard InChI is InChI=1S/C22H24ClN3O5/c1-11-14-6-7-26(20(14)25-10-24-11)21-19-18(30-22(2,3)31-19)17(29-21)16(28)15-5-4-13(23)8-12(15)9-27/h4-8,10,16-19,21,27-28H,9H2,1-3H3/t16-,17-,18-,19-,21-/m1/s1. The Labute approximate surface area is 184 Å². The van der Waals surface area contributed by atoms with Crippen LogP contribution in [0.1, 0.15) is 43.0 Å². The lowest BCUT2D eigenvalue weighted by Crippen LogP contribution is -2.34. The summed E-state index contributed by atoms with van der Waals surface area (Å²) in [4.78, 5) is 8.68. The minimum Gasteiger partial charge on any atom is -0.392 e. The third-order valence-corrected chi connectivity index (χ3v) is 6.19. The number of aliphatic hydroxyl groups is 2. The Morgan fingerprint density at radius 1 is 1.19 bits per heavy atom. The molecule has 2 aliphatic heterocycles. The molecule has 4 heterocycles. The molecule has 0 saturated carbocycles. The third-order valence-electron chi connectivity index (χ3n) is 5.95. The zero-order chi connectivity index (χ0) is 21.9. The highest BCUT2D eigenvalue weighted by Gasteiger charge is 2.58. The quantitative estimate of drug-likeness (QED) is 0.636. The maximum absolute atomic E-state index is 11.3. The van der Waals surface area contributed by atoms with Crippen LogP contribution in [0.3, 0.4) is 0 Å². The Kier molecular flexibility index (Phi) is 5.04. The van der Waals surface area contributed by atoms with Gasteiger partial charge in [-0.2, -0.15) is 0 Å². The largest absolute Gasteiger partial charge is 0.392 e. The number of ether oxygens (including phenoxy) is 3. The summed E-state index contributed by atoms with van der Waals surface area (Å²) in [5.41, 5.74) is 2.67. The number of hydrogen-bond acceptors (Lipinski definition) is 7. The fourth-order valence-corrected chi connectivity index (χ4v) is 4.76. The van der Waals surface area contributed by atoms with Gasteiger partial charge in [0.25, 0.3) is 0 Å². The number of aromatic nitrogens is 3. The van der Waals surface area contributed by atoms with Crippen LogP contribution >= 0.6 is 11.6 Å². The highest BCUT2D eigenvalue weighted by atomic mass is 35.5. The summed E-state index contributed by atoms with van der Waals surface area (Å²) in [5, 5.41) is 22.4. The van der Waals surface area contributed by atoms with Crippen molar-refractivity contribution in [2.45, 2.75) is 63.8 Å². The number of rotatable bonds is 4. The molecule has 31 heavy (non-hydrogen) atoms. The number of aliphatic hydroxyl groups excluding tert-OH is 2. The van der Waals surface area contributed by atoms with Gasteiger partial charge in [0.2, 0.25) is 0 Å². The van der Waals surface area contributed by atoms with Crippen molar-refractivity contribution in [2.24, 2.45) is 0 Å². The van der Waals surface area contributed by atoms with E-state index in [0.29, 0.717) is 16.1 Å². The molecule has 0 unspecified atom stereocenters. The number of halogens is 1. The van der Waals surface area contributed by atoms with E-state index in [1.54, 1.807) is 18.2 Å². The van der Waals surface area contributed by atoms with Crippen LogP contribution < -0.4 is 0 Å². The molecular weight excluding hydrogens is 422 g/mol. The van der Waals surface area contributed by atoms with E-state index < -0.39 is 36.4 Å². The summed E-state index contributed by atoms with van der Waals surface area (Å²) in [5.74, 6) is -0.830. The predicted molar refractivity (Wildman–Crippen MR) is 112 cm³/mol. The second kappa shape index (κ2) is 7.51. The van der Waals surface area contributed by atoms with E-state index in [2.05, 4.69) is 9.97 Å². The molecule has 5 atom stereocenters. The first-order chi connectivity index (χ1) is 14.8. The molecule has 9 heteroatoms. The molecule has 0 aliphatic carbocycles. The predicted octanol–water partition coefficient (Wildman–Crippen LogP) is 3.04. The van der Waals surface area contributed by atoms with Gasteiger partial charge >= 0.3 is 0 Å². The Morgan fingerprint density at radius 2 is 1.97 bits per heavy atom. The lowest BCUT2D eigenvalue weighted by atomic mass is 9.95. The summed E-state index contributed by atoms with van der Waals surface area (Å²) in [6.07, 6.45) is 0.116. The third kappa shape index (κ3) is 3.44. The van der Waals surface area contributed by atoms with Crippen molar-refractivity contribution in [1.82, 2.24) is 14.5 Å². The van der Waals surface area contributed by atoms with Gasteiger partial charge in [0.05, 0.1) is 12.3 Å². The summed E-state index contributed by atoms with van der Waals surface area (Å²) in [6.45, 7) is 5.35. The SMILES string of the molecule is Cc1ncnc2c1ccn2[C@@H]1O[C@H]([C@H](O)c2ccc(Cl)cc2CO)[C@H]2OC(C)(C)O[C@H]21. The van der Waals surface area contributed by atoms with E-state index in [9.17, 15) is 10.2 Å². The zero-order valence-electron chi connectivity index (χ0n) is 17.4. The maximum Gasteiger partial charge on any atom is 0.164 e. The average Bonchev–Trinajstić information content (AvgIpc) is 3.38. The summed E-state index contributed by atoms with van der Waals surface area (Å²) < 4.78 is 20.6. The molecule has 0 bridgehead atoms. The van der Waals surface area contributed by atoms with E-state index >= 15 is 0 Å². The minimum atomic E-state index is -1.05. The Bertz CT molecular complexity index is 1130. The molecule has 2 aliphatic rings. The summed E-state index contributed by atoms with van der Waals surface area (Å²) >= 11 is 6.06. The van der Waals surface area contributed by atoms with Gasteiger partial charge < -0.3 is 29.0 Å². The molecule has 164 valence electrons. The monoisotopic (exact) mass is 445 g/mol. The van der Waals surface area contributed by atoms with Crippen molar-refractivity contribution in [2.75, 3.05) is 0 Å². The highest BCUT2D eigenvalue weighted by Crippen LogP contribution is 2.47. The van der Waals surface area contributed by atoms with Crippen LogP contribution in [0.2, 0.25) is 5.02 Å². The number of aryl methyl sites for hydroxylation is 1. The second-order valence-electron chi connectivity index (χ2n) is 8.42. The number of hydrogen-bond donors (Lipinski definition) is 2. The molecular formula is C22H24ClN3O5. The van der Waals surface area contributed by atoms with Gasteiger partial charge in [0, 0.05) is 16.6 Å². The van der Waals surface area contributed by atoms with Crippen LogP contribution in [0.4, 0.5) is 0 Å². The first-order valence-corrected chi connectivity index (χ1v) is 10.5. The zero-order valence-corrected chi connectivity index (χ0v) is 18.2. The Hall–Kier alpha value is -2.07. The second-order valence-corrected chi connectivity index (χ2v) is 8.86. The van der Waals surface area contributed by atoms with E-state index in [1.165, 1.54) is 6.33 Å². The molecule has 1 aromatic carbocycles. The summed E-state index contributed by atoms with van der Waals surface area (Å²) in [6, 6.07) is 6.96. The van der Waals surface area contributed by atoms with Gasteiger partial charge in [-0.1, -0.05) is 17.7 Å². The van der Waals surface area contributed by atoms with Crippen LogP contribution in [-0.2, 0) is 20.8 Å². The normalized spacial score (nSPS) is 28.2. The lowest BCUT2D eigenvalue weighted by Gasteiger charge is -2.28. The number of fused-ring (bicyclic) bond motifs is 2. The first-order valence-electron chi connectivity index (χ1n) is 10.2. The molecule has 2 saturated heterocycles. The Morgan fingerprint density at radius 3 is 2.74 bits per heavy atom. The lowest BCUT2D eigenvalue weighted by molar-refractivity contribution is -0.207. The number of benzene rings is 1. The molecule has 3 aromatic rings. The van der Waals surface area contributed by atoms with Crippen molar-refractivity contribution in [3.8, 4) is 0 Å². The molecule has 2 fully saturated rings. The van der Waals surface area contributed by atoms with Crippen molar-refractivity contribution < 1.29 is 24.4 Å². The van der Waals surface area contributed by atoms with Gasteiger partial charge in [-0.3, -0.25) is 0 Å². The Balaban J connectivity index is 1.55. The van der Waals surface area contributed by atoms with Crippen molar-refractivity contribution in [1.29, 1.82) is 0 Å². The molecule has 8 nitrogen and oxygen atoms in total. The van der Waals surface area contributed by atoms with Gasteiger partial charge in [0.15, 0.2) is 12.0 Å². The van der Waals surface area contributed by atoms with E-state index in [-0.39, 0.29) is 6.61 Å². The van der Waals surface area contributed by atoms with Gasteiger partial charge in [-0.25, -0.2) is 9.97 Å². The topological polar surface area (TPSA) is 98.9 Å². The first kappa shape index (κ1) is 20.8. The molecule has 5 rings (SSSR count). The molecule has 0 amide bonds. The summed E-state index contributed by atoms with van der Waals surface area (Å²) in [7, 11) is 0. The smallest absolute Gasteiger partial charge is 0.164 e. The average molecular weight is 446 g/mol. The van der Waals surface area contributed by atoms with Gasteiger partial charge in [-0.15, -0.1) is 0 Å². The van der Waals surface area contributed by atoms with Crippen LogP contribution in [0, 0.1) is 6.92 Å². The molecule has 0 radical (unpaired) electrons. The van der Waals surface area contributed by atoms with Crippen molar-refractivity contribution in [3.05, 3.63) is 58.6 Å². The van der Waals surface area contributed by atoms with Crippen LogP contribution in [0.5, 0.6) is 0 Å². The molecule has 2 N–H and O–H groups in total. The van der Waals surface area contributed by atoms with E-state index in [4.69, 9.17) is 25.8 Å². The van der Waals surface area contributed by atoms with Gasteiger partial charge in [-0.05, 0) is 50.1 Å². The van der Waals surface area contributed by atoms with Gasteiger partial charge in [0.1, 0.15) is 36.4 Å². The highest BCUT2D eigenvalue weighted by molar-refractivity contribution is 6.30. The van der Waals surface area contributed by atoms with E-state index in [1.807, 2.05) is 37.6 Å².